The molecule has 0 aliphatic heterocycles. The quantitative estimate of drug-likeness (QED) is 0.694. The minimum atomic E-state index is -3.23. The van der Waals surface area contributed by atoms with E-state index in [2.05, 4.69) is 26.8 Å². The molecule has 3 aromatic rings. The lowest BCUT2D eigenvalue weighted by Gasteiger charge is -2.12. The molecule has 1 aromatic carbocycles. The molecule has 4 nitrogen and oxygen atoms in total. The van der Waals surface area contributed by atoms with Crippen molar-refractivity contribution in [2.24, 2.45) is 0 Å². The molecule has 122 valence electrons. The van der Waals surface area contributed by atoms with Crippen molar-refractivity contribution in [3.8, 4) is 11.8 Å². The topological polar surface area (TPSA) is 39.4 Å². The Hall–Kier alpha value is -2.78. The van der Waals surface area contributed by atoms with Crippen molar-refractivity contribution < 1.29 is 13.5 Å². The number of halogens is 2. The van der Waals surface area contributed by atoms with Gasteiger partial charge in [0.15, 0.2) is 5.65 Å². The number of nitrogens with zero attached hydrogens (tertiary/aromatic N) is 3. The first-order valence-electron chi connectivity index (χ1n) is 7.30. The van der Waals surface area contributed by atoms with Gasteiger partial charge < -0.3 is 4.74 Å². The van der Waals surface area contributed by atoms with E-state index in [4.69, 9.17) is 0 Å². The van der Waals surface area contributed by atoms with Crippen LogP contribution in [0.25, 0.3) is 5.65 Å². The number of rotatable bonds is 3. The van der Waals surface area contributed by atoms with Gasteiger partial charge in [-0.2, -0.15) is 8.78 Å². The third kappa shape index (κ3) is 3.26. The predicted molar refractivity (Wildman–Crippen MR) is 85.9 cm³/mol. The average Bonchev–Trinajstić information content (AvgIpc) is 2.98. The van der Waals surface area contributed by atoms with Crippen LogP contribution in [0.2, 0.25) is 0 Å². The summed E-state index contributed by atoms with van der Waals surface area (Å²) in [6.07, 6.45) is 1.51. The van der Waals surface area contributed by atoms with Crippen molar-refractivity contribution in [1.29, 1.82) is 0 Å². The Kier molecular flexibility index (Phi) is 4.28. The van der Waals surface area contributed by atoms with Gasteiger partial charge in [-0.05, 0) is 31.2 Å². The first-order chi connectivity index (χ1) is 11.5. The molecule has 0 fully saturated rings. The normalized spacial score (nSPS) is 11.3. The molecule has 0 aliphatic rings. The monoisotopic (exact) mass is 327 g/mol. The molecule has 0 unspecified atom stereocenters. The highest BCUT2D eigenvalue weighted by Crippen LogP contribution is 2.27. The van der Waals surface area contributed by atoms with Crippen LogP contribution in [0.15, 0.2) is 42.6 Å². The number of benzene rings is 1. The number of hydrogen-bond donors (Lipinski definition) is 0. The molecule has 0 saturated heterocycles. The first kappa shape index (κ1) is 16.1. The molecule has 0 amide bonds. The molecule has 24 heavy (non-hydrogen) atoms. The van der Waals surface area contributed by atoms with Crippen LogP contribution in [0.1, 0.15) is 22.5 Å². The zero-order valence-corrected chi connectivity index (χ0v) is 13.3. The van der Waals surface area contributed by atoms with Crippen LogP contribution in [0.5, 0.6) is 0 Å². The predicted octanol–water partition coefficient (Wildman–Crippen LogP) is 3.18. The second-order valence-corrected chi connectivity index (χ2v) is 5.42. The van der Waals surface area contributed by atoms with Crippen molar-refractivity contribution >= 4 is 5.65 Å². The van der Waals surface area contributed by atoms with Gasteiger partial charge in [-0.1, -0.05) is 29.5 Å². The van der Waals surface area contributed by atoms with Gasteiger partial charge >= 0.3 is 5.92 Å². The van der Waals surface area contributed by atoms with E-state index in [1.165, 1.54) is 17.7 Å². The zero-order valence-electron chi connectivity index (χ0n) is 13.3. The summed E-state index contributed by atoms with van der Waals surface area (Å²) in [5, 5.41) is 7.35. The summed E-state index contributed by atoms with van der Waals surface area (Å²) in [7, 11) is 1.22. The molecular weight excluding hydrogens is 312 g/mol. The standard InChI is InChI=1S/C18H15F2N3O/c1-13-3-5-14(6-4-13)7-8-15-9-10-16-21-22-17(23(16)11-15)18(19,20)12-24-2/h3-6,9-11H,12H2,1-2H3. The highest BCUT2D eigenvalue weighted by atomic mass is 19.3. The summed E-state index contributed by atoms with van der Waals surface area (Å²) < 4.78 is 33.9. The van der Waals surface area contributed by atoms with Gasteiger partial charge in [0.05, 0.1) is 0 Å². The number of aryl methyl sites for hydroxylation is 1. The van der Waals surface area contributed by atoms with Gasteiger partial charge in [-0.15, -0.1) is 10.2 Å². The summed E-state index contributed by atoms with van der Waals surface area (Å²) in [4.78, 5) is 0. The highest BCUT2D eigenvalue weighted by Gasteiger charge is 2.37. The van der Waals surface area contributed by atoms with Crippen LogP contribution in [0.3, 0.4) is 0 Å². The minimum absolute atomic E-state index is 0.335. The van der Waals surface area contributed by atoms with E-state index in [-0.39, 0.29) is 0 Å². The van der Waals surface area contributed by atoms with Gasteiger partial charge in [0, 0.05) is 24.4 Å². The van der Waals surface area contributed by atoms with Gasteiger partial charge in [-0.3, -0.25) is 4.40 Å². The lowest BCUT2D eigenvalue weighted by Crippen LogP contribution is -2.23. The molecular formula is C18H15F2N3O. The Morgan fingerprint density at radius 3 is 2.42 bits per heavy atom. The van der Waals surface area contributed by atoms with Crippen molar-refractivity contribution in [1.82, 2.24) is 14.6 Å². The van der Waals surface area contributed by atoms with Crippen LogP contribution in [0, 0.1) is 18.8 Å². The fourth-order valence-corrected chi connectivity index (χ4v) is 2.24. The molecule has 0 spiro atoms. The van der Waals surface area contributed by atoms with E-state index in [1.807, 2.05) is 31.2 Å². The number of ether oxygens (including phenoxy) is 1. The van der Waals surface area contributed by atoms with Gasteiger partial charge in [0.1, 0.15) is 6.61 Å². The fraction of sp³-hybridized carbons (Fsp3) is 0.222. The summed E-state index contributed by atoms with van der Waals surface area (Å²) in [5.41, 5.74) is 2.94. The molecule has 0 saturated carbocycles. The second kappa shape index (κ2) is 6.38. The van der Waals surface area contributed by atoms with Crippen LogP contribution < -0.4 is 0 Å². The van der Waals surface area contributed by atoms with Crippen LogP contribution in [-0.4, -0.2) is 28.3 Å². The van der Waals surface area contributed by atoms with Crippen LogP contribution >= 0.6 is 0 Å². The minimum Gasteiger partial charge on any atom is -0.378 e. The largest absolute Gasteiger partial charge is 0.378 e. The lowest BCUT2D eigenvalue weighted by atomic mass is 10.1. The van der Waals surface area contributed by atoms with Gasteiger partial charge in [0.2, 0.25) is 5.82 Å². The number of hydrogen-bond acceptors (Lipinski definition) is 3. The Morgan fingerprint density at radius 2 is 1.71 bits per heavy atom. The first-order valence-corrected chi connectivity index (χ1v) is 7.30. The molecule has 2 heterocycles. The summed E-state index contributed by atoms with van der Waals surface area (Å²) >= 11 is 0. The number of fused-ring (bicyclic) bond motifs is 1. The SMILES string of the molecule is COCC(F)(F)c1nnc2ccc(C#Cc3ccc(C)cc3)cn12. The van der Waals surface area contributed by atoms with Crippen LogP contribution in [-0.2, 0) is 10.7 Å². The molecule has 3 rings (SSSR count). The number of pyridine rings is 1. The molecule has 0 atom stereocenters. The lowest BCUT2D eigenvalue weighted by molar-refractivity contribution is -0.0773. The number of alkyl halides is 2. The van der Waals surface area contributed by atoms with Crippen molar-refractivity contribution in [2.45, 2.75) is 12.8 Å². The van der Waals surface area contributed by atoms with E-state index < -0.39 is 18.4 Å². The van der Waals surface area contributed by atoms with E-state index >= 15 is 0 Å². The summed E-state index contributed by atoms with van der Waals surface area (Å²) in [6, 6.07) is 11.1. The maximum atomic E-state index is 14.1. The molecule has 0 bridgehead atoms. The van der Waals surface area contributed by atoms with E-state index in [0.29, 0.717) is 11.2 Å². The Bertz CT molecular complexity index is 921. The highest BCUT2D eigenvalue weighted by molar-refractivity contribution is 5.47. The van der Waals surface area contributed by atoms with E-state index in [0.717, 1.165) is 11.1 Å². The maximum Gasteiger partial charge on any atom is 0.329 e. The Balaban J connectivity index is 1.98. The average molecular weight is 327 g/mol. The second-order valence-electron chi connectivity index (χ2n) is 5.42. The third-order valence-electron chi connectivity index (χ3n) is 3.46. The van der Waals surface area contributed by atoms with Crippen molar-refractivity contribution in [3.05, 3.63) is 65.1 Å². The summed E-state index contributed by atoms with van der Waals surface area (Å²) in [6.45, 7) is 1.24. The molecule has 6 heteroatoms. The molecule has 0 N–H and O–H groups in total. The smallest absolute Gasteiger partial charge is 0.329 e. The molecule has 0 aliphatic carbocycles. The van der Waals surface area contributed by atoms with Crippen molar-refractivity contribution in [3.63, 3.8) is 0 Å². The third-order valence-corrected chi connectivity index (χ3v) is 3.46. The molecule has 2 aromatic heterocycles. The zero-order chi connectivity index (χ0) is 17.2. The number of methoxy groups -OCH3 is 1. The van der Waals surface area contributed by atoms with Crippen molar-refractivity contribution in [2.75, 3.05) is 13.7 Å². The molecule has 0 radical (unpaired) electrons. The van der Waals surface area contributed by atoms with Gasteiger partial charge in [0.25, 0.3) is 0 Å². The number of aromatic nitrogens is 3. The fourth-order valence-electron chi connectivity index (χ4n) is 2.24. The van der Waals surface area contributed by atoms with E-state index in [1.54, 1.807) is 12.1 Å². The Labute approximate surface area is 138 Å². The van der Waals surface area contributed by atoms with Gasteiger partial charge in [-0.25, -0.2) is 0 Å². The van der Waals surface area contributed by atoms with Crippen LogP contribution in [0.4, 0.5) is 8.78 Å². The maximum absolute atomic E-state index is 14.1. The van der Waals surface area contributed by atoms with E-state index in [9.17, 15) is 8.78 Å². The Morgan fingerprint density at radius 1 is 1.04 bits per heavy atom. The summed E-state index contributed by atoms with van der Waals surface area (Å²) in [5.74, 6) is 2.30.